The van der Waals surface area contributed by atoms with Gasteiger partial charge in [0, 0.05) is 23.2 Å². The number of anilines is 3. The van der Waals surface area contributed by atoms with E-state index in [4.69, 9.17) is 5.26 Å². The molecule has 0 unspecified atom stereocenters. The SMILES string of the molecule is N#Cc1cccc(N2CCNc3ccc(Br)cc32)c1. The molecule has 2 aromatic carbocycles. The van der Waals surface area contributed by atoms with Gasteiger partial charge in [-0.1, -0.05) is 22.0 Å². The minimum absolute atomic E-state index is 0.688. The molecule has 94 valence electrons. The quantitative estimate of drug-likeness (QED) is 0.868. The number of benzene rings is 2. The van der Waals surface area contributed by atoms with Gasteiger partial charge in [0.25, 0.3) is 0 Å². The van der Waals surface area contributed by atoms with Crippen molar-refractivity contribution >= 4 is 33.0 Å². The zero-order valence-electron chi connectivity index (χ0n) is 10.2. The monoisotopic (exact) mass is 313 g/mol. The maximum Gasteiger partial charge on any atom is 0.0992 e. The van der Waals surface area contributed by atoms with E-state index in [9.17, 15) is 0 Å². The van der Waals surface area contributed by atoms with Gasteiger partial charge in [-0.05, 0) is 36.4 Å². The van der Waals surface area contributed by atoms with Crippen LogP contribution in [0.3, 0.4) is 0 Å². The summed E-state index contributed by atoms with van der Waals surface area (Å²) in [5.41, 5.74) is 4.00. The van der Waals surface area contributed by atoms with Gasteiger partial charge < -0.3 is 10.2 Å². The molecule has 1 N–H and O–H groups in total. The van der Waals surface area contributed by atoms with E-state index in [1.165, 1.54) is 0 Å². The van der Waals surface area contributed by atoms with Gasteiger partial charge in [0.15, 0.2) is 0 Å². The smallest absolute Gasteiger partial charge is 0.0992 e. The lowest BCUT2D eigenvalue weighted by Gasteiger charge is -2.32. The fraction of sp³-hybridized carbons (Fsp3) is 0.133. The molecule has 1 heterocycles. The topological polar surface area (TPSA) is 39.1 Å². The number of hydrogen-bond acceptors (Lipinski definition) is 3. The van der Waals surface area contributed by atoms with Crippen molar-refractivity contribution in [1.29, 1.82) is 5.26 Å². The summed E-state index contributed by atoms with van der Waals surface area (Å²) in [5.74, 6) is 0. The summed E-state index contributed by atoms with van der Waals surface area (Å²) in [6, 6.07) is 16.1. The van der Waals surface area contributed by atoms with Crippen LogP contribution in [0, 0.1) is 11.3 Å². The molecule has 4 heteroatoms. The molecule has 19 heavy (non-hydrogen) atoms. The summed E-state index contributed by atoms with van der Waals surface area (Å²) in [6.07, 6.45) is 0. The van der Waals surface area contributed by atoms with Gasteiger partial charge in [-0.3, -0.25) is 0 Å². The van der Waals surface area contributed by atoms with Crippen molar-refractivity contribution in [3.05, 3.63) is 52.5 Å². The van der Waals surface area contributed by atoms with Gasteiger partial charge in [-0.15, -0.1) is 0 Å². The highest BCUT2D eigenvalue weighted by Gasteiger charge is 2.18. The Hall–Kier alpha value is -1.99. The predicted octanol–water partition coefficient (Wildman–Crippen LogP) is 3.88. The van der Waals surface area contributed by atoms with Crippen LogP contribution in [-0.2, 0) is 0 Å². The fourth-order valence-corrected chi connectivity index (χ4v) is 2.66. The number of nitrogens with one attached hydrogen (secondary N) is 1. The largest absolute Gasteiger partial charge is 0.382 e. The van der Waals surface area contributed by atoms with Crippen molar-refractivity contribution in [2.75, 3.05) is 23.3 Å². The highest BCUT2D eigenvalue weighted by Crippen LogP contribution is 2.36. The summed E-state index contributed by atoms with van der Waals surface area (Å²) >= 11 is 3.51. The van der Waals surface area contributed by atoms with E-state index in [0.717, 1.165) is 34.6 Å². The lowest BCUT2D eigenvalue weighted by atomic mass is 10.1. The van der Waals surface area contributed by atoms with Crippen molar-refractivity contribution < 1.29 is 0 Å². The van der Waals surface area contributed by atoms with Crippen LogP contribution in [0.4, 0.5) is 17.1 Å². The van der Waals surface area contributed by atoms with Crippen LogP contribution in [0.1, 0.15) is 5.56 Å². The van der Waals surface area contributed by atoms with Gasteiger partial charge in [-0.25, -0.2) is 0 Å². The molecule has 3 rings (SSSR count). The van der Waals surface area contributed by atoms with Gasteiger partial charge in [-0.2, -0.15) is 5.26 Å². The standard InChI is InChI=1S/C15H12BrN3/c16-12-4-5-14-15(9-12)19(7-6-18-14)13-3-1-2-11(8-13)10-17/h1-5,8-9,18H,6-7H2. The van der Waals surface area contributed by atoms with Crippen LogP contribution in [0.5, 0.6) is 0 Å². The van der Waals surface area contributed by atoms with Crippen molar-refractivity contribution in [2.24, 2.45) is 0 Å². The number of fused-ring (bicyclic) bond motifs is 1. The van der Waals surface area contributed by atoms with E-state index in [2.05, 4.69) is 44.3 Å². The molecule has 0 spiro atoms. The van der Waals surface area contributed by atoms with Crippen molar-refractivity contribution in [1.82, 2.24) is 0 Å². The van der Waals surface area contributed by atoms with E-state index >= 15 is 0 Å². The molecular weight excluding hydrogens is 302 g/mol. The predicted molar refractivity (Wildman–Crippen MR) is 80.8 cm³/mol. The molecular formula is C15H12BrN3. The van der Waals surface area contributed by atoms with Crippen LogP contribution < -0.4 is 10.2 Å². The van der Waals surface area contributed by atoms with Crippen LogP contribution in [0.15, 0.2) is 46.9 Å². The average Bonchev–Trinajstić information content (AvgIpc) is 2.46. The van der Waals surface area contributed by atoms with E-state index < -0.39 is 0 Å². The Bertz CT molecular complexity index is 661. The van der Waals surface area contributed by atoms with Crippen molar-refractivity contribution in [3.63, 3.8) is 0 Å². The lowest BCUT2D eigenvalue weighted by molar-refractivity contribution is 0.926. The maximum absolute atomic E-state index is 9.01. The molecule has 0 bridgehead atoms. The molecule has 0 amide bonds. The molecule has 1 aliphatic heterocycles. The summed E-state index contributed by atoms with van der Waals surface area (Å²) in [5, 5.41) is 12.4. The zero-order chi connectivity index (χ0) is 13.2. The Morgan fingerprint density at radius 1 is 1.21 bits per heavy atom. The second kappa shape index (κ2) is 4.94. The van der Waals surface area contributed by atoms with E-state index in [0.29, 0.717) is 5.56 Å². The van der Waals surface area contributed by atoms with Gasteiger partial charge in [0.2, 0.25) is 0 Å². The Balaban J connectivity index is 2.08. The minimum atomic E-state index is 0.688. The molecule has 0 fully saturated rings. The van der Waals surface area contributed by atoms with Crippen LogP contribution in [0.25, 0.3) is 0 Å². The molecule has 0 aromatic heterocycles. The number of rotatable bonds is 1. The van der Waals surface area contributed by atoms with Crippen molar-refractivity contribution in [2.45, 2.75) is 0 Å². The van der Waals surface area contributed by atoms with E-state index in [1.54, 1.807) is 0 Å². The number of halogens is 1. The van der Waals surface area contributed by atoms with Crippen LogP contribution in [-0.4, -0.2) is 13.1 Å². The number of nitrogens with zero attached hydrogens (tertiary/aromatic N) is 2. The van der Waals surface area contributed by atoms with E-state index in [1.807, 2.05) is 30.3 Å². The highest BCUT2D eigenvalue weighted by atomic mass is 79.9. The zero-order valence-corrected chi connectivity index (χ0v) is 11.8. The molecule has 0 radical (unpaired) electrons. The third kappa shape index (κ3) is 2.29. The highest BCUT2D eigenvalue weighted by molar-refractivity contribution is 9.10. The fourth-order valence-electron chi connectivity index (χ4n) is 2.31. The van der Waals surface area contributed by atoms with Crippen molar-refractivity contribution in [3.8, 4) is 6.07 Å². The summed E-state index contributed by atoms with van der Waals surface area (Å²) < 4.78 is 1.05. The summed E-state index contributed by atoms with van der Waals surface area (Å²) in [4.78, 5) is 2.23. The van der Waals surface area contributed by atoms with Crippen LogP contribution >= 0.6 is 15.9 Å². The first kappa shape index (κ1) is 12.1. The molecule has 0 aliphatic carbocycles. The number of nitriles is 1. The Kier molecular flexibility index (Phi) is 3.14. The molecule has 3 nitrogen and oxygen atoms in total. The maximum atomic E-state index is 9.01. The first-order valence-corrected chi connectivity index (χ1v) is 6.88. The Morgan fingerprint density at radius 3 is 2.95 bits per heavy atom. The second-order valence-electron chi connectivity index (χ2n) is 4.40. The summed E-state index contributed by atoms with van der Waals surface area (Å²) in [7, 11) is 0. The second-order valence-corrected chi connectivity index (χ2v) is 5.32. The van der Waals surface area contributed by atoms with Gasteiger partial charge >= 0.3 is 0 Å². The summed E-state index contributed by atoms with van der Waals surface area (Å²) in [6.45, 7) is 1.78. The number of hydrogen-bond donors (Lipinski definition) is 1. The Morgan fingerprint density at radius 2 is 2.11 bits per heavy atom. The average molecular weight is 314 g/mol. The minimum Gasteiger partial charge on any atom is -0.382 e. The Labute approximate surface area is 120 Å². The molecule has 1 aliphatic rings. The third-order valence-electron chi connectivity index (χ3n) is 3.19. The molecule has 0 saturated carbocycles. The first-order valence-electron chi connectivity index (χ1n) is 6.09. The lowest BCUT2D eigenvalue weighted by Crippen LogP contribution is -2.30. The van der Waals surface area contributed by atoms with E-state index in [-0.39, 0.29) is 0 Å². The normalized spacial score (nSPS) is 13.4. The molecule has 0 saturated heterocycles. The van der Waals surface area contributed by atoms with Gasteiger partial charge in [0.05, 0.1) is 23.0 Å². The molecule has 0 atom stereocenters. The third-order valence-corrected chi connectivity index (χ3v) is 3.68. The first-order chi connectivity index (χ1) is 9.28. The molecule has 2 aromatic rings. The van der Waals surface area contributed by atoms with Gasteiger partial charge in [0.1, 0.15) is 0 Å². The van der Waals surface area contributed by atoms with Crippen LogP contribution in [0.2, 0.25) is 0 Å².